The van der Waals surface area contributed by atoms with E-state index in [-0.39, 0.29) is 47.2 Å². The molecule has 2 saturated heterocycles. The number of anilines is 1. The molecule has 4 amide bonds. The van der Waals surface area contributed by atoms with Gasteiger partial charge in [0.15, 0.2) is 12.4 Å². The maximum atomic E-state index is 13.3. The molecule has 48 heavy (non-hydrogen) atoms. The normalized spacial score (nSPS) is 19.6. The van der Waals surface area contributed by atoms with Crippen LogP contribution in [0.5, 0.6) is 5.75 Å². The molecule has 3 aromatic rings. The van der Waals surface area contributed by atoms with E-state index >= 15 is 0 Å². The topological polar surface area (TPSA) is 160 Å². The maximum Gasteiger partial charge on any atom is 0.352 e. The number of hydrogen-bond acceptors (Lipinski definition) is 8. The molecule has 14 heteroatoms. The molecule has 0 spiro atoms. The lowest BCUT2D eigenvalue weighted by atomic mass is 10.0. The van der Waals surface area contributed by atoms with Gasteiger partial charge in [-0.3, -0.25) is 24.1 Å². The Balaban J connectivity index is 1.04. The molecule has 1 aromatic heterocycles. The van der Waals surface area contributed by atoms with Gasteiger partial charge in [-0.2, -0.15) is 4.57 Å². The van der Waals surface area contributed by atoms with Crippen LogP contribution in [-0.2, 0) is 37.1 Å². The molecule has 0 saturated carbocycles. The van der Waals surface area contributed by atoms with Crippen LogP contribution < -0.4 is 15.2 Å². The lowest BCUT2D eigenvalue weighted by molar-refractivity contribution is -0.684. The highest BCUT2D eigenvalue weighted by atomic mass is 32.2. The molecule has 6 rings (SSSR count). The van der Waals surface area contributed by atoms with Crippen molar-refractivity contribution in [2.45, 2.75) is 35.8 Å². The van der Waals surface area contributed by atoms with E-state index in [4.69, 9.17) is 0 Å². The minimum atomic E-state index is -1.26. The van der Waals surface area contributed by atoms with E-state index in [2.05, 4.69) is 10.6 Å². The number of aromatic hydroxyl groups is 1. The summed E-state index contributed by atoms with van der Waals surface area (Å²) in [7, 11) is 0. The first-order valence-electron chi connectivity index (χ1n) is 15.1. The van der Waals surface area contributed by atoms with E-state index in [1.54, 1.807) is 40.1 Å². The van der Waals surface area contributed by atoms with Crippen molar-refractivity contribution in [3.05, 3.63) is 108 Å². The number of carboxylic acids is 1. The number of pyridine rings is 1. The van der Waals surface area contributed by atoms with Crippen LogP contribution in [0.2, 0.25) is 0 Å². The van der Waals surface area contributed by atoms with Gasteiger partial charge in [0.25, 0.3) is 11.8 Å². The van der Waals surface area contributed by atoms with Crippen molar-refractivity contribution in [2.75, 3.05) is 23.4 Å². The van der Waals surface area contributed by atoms with Gasteiger partial charge in [-0.1, -0.05) is 18.2 Å². The van der Waals surface area contributed by atoms with Gasteiger partial charge in [-0.15, -0.1) is 23.5 Å². The van der Waals surface area contributed by atoms with Gasteiger partial charge in [0, 0.05) is 47.1 Å². The lowest BCUT2D eigenvalue weighted by Crippen LogP contribution is -2.70. The summed E-state index contributed by atoms with van der Waals surface area (Å²) in [6.45, 7) is 0.876. The lowest BCUT2D eigenvalue weighted by Gasteiger charge is -2.49. The van der Waals surface area contributed by atoms with Gasteiger partial charge >= 0.3 is 5.97 Å². The number of fused-ring (bicyclic) bond motifs is 1. The molecule has 2 atom stereocenters. The zero-order chi connectivity index (χ0) is 33.8. The van der Waals surface area contributed by atoms with Crippen LogP contribution in [0.3, 0.4) is 0 Å². The number of carboxylic acid groups (broad SMARTS) is 1. The molecule has 0 bridgehead atoms. The van der Waals surface area contributed by atoms with Crippen molar-refractivity contribution in [1.29, 1.82) is 0 Å². The van der Waals surface area contributed by atoms with Gasteiger partial charge in [-0.05, 0) is 60.0 Å². The number of nitrogens with zero attached hydrogens (tertiary/aromatic N) is 3. The monoisotopic (exact) mass is 686 g/mol. The predicted octanol–water partition coefficient (Wildman–Crippen LogP) is 2.51. The van der Waals surface area contributed by atoms with Gasteiger partial charge in [0.1, 0.15) is 22.9 Å². The van der Waals surface area contributed by atoms with Crippen LogP contribution in [0.1, 0.15) is 12.0 Å². The number of nitrogens with one attached hydrogen (secondary N) is 2. The zero-order valence-corrected chi connectivity index (χ0v) is 27.2. The van der Waals surface area contributed by atoms with Crippen LogP contribution in [0, 0.1) is 0 Å². The second-order valence-corrected chi connectivity index (χ2v) is 13.5. The average molecular weight is 687 g/mol. The summed E-state index contributed by atoms with van der Waals surface area (Å²) >= 11 is 2.71. The number of aromatic nitrogens is 1. The largest absolute Gasteiger partial charge is 0.508 e. The van der Waals surface area contributed by atoms with E-state index in [0.717, 1.165) is 10.5 Å². The number of thioether (sulfide) groups is 2. The molecular weight excluding hydrogens is 655 g/mol. The minimum absolute atomic E-state index is 0.0799. The van der Waals surface area contributed by atoms with Crippen molar-refractivity contribution in [3.8, 4) is 5.75 Å². The molecule has 246 valence electrons. The summed E-state index contributed by atoms with van der Waals surface area (Å²) in [5, 5.41) is 24.4. The van der Waals surface area contributed by atoms with E-state index in [0.29, 0.717) is 36.3 Å². The zero-order valence-electron chi connectivity index (χ0n) is 25.6. The second kappa shape index (κ2) is 14.4. The molecule has 0 unspecified atom stereocenters. The SMILES string of the molecule is O=C(C[n+]1ccc(CN2CCC(=CC3=C(C(=O)O)N4C(=O)[C@@H](NC(=O)CSc5ccccc5)[C@H]4SC3)C2=O)cc1)Nc1ccc(O)cc1. The molecule has 4 heterocycles. The standard InChI is InChI=1S/C34H31N5O7S2/c40-25-8-6-24(7-9-25)35-27(41)18-37-13-10-21(11-14-37)17-38-15-12-22(31(38)43)16-23-19-48-33-29(32(44)39(33)30(23)34(45)46)36-28(42)20-47-26-4-2-1-3-5-26/h1-11,13-14,16,29,33H,12,15,17-20H2,(H3-,35,36,40,41,42,45,46)/p+1/t29-,33-/m1/s1. The van der Waals surface area contributed by atoms with Crippen molar-refractivity contribution < 1.29 is 38.8 Å². The maximum absolute atomic E-state index is 13.3. The summed E-state index contributed by atoms with van der Waals surface area (Å²) < 4.78 is 1.71. The van der Waals surface area contributed by atoms with Crippen molar-refractivity contribution >= 4 is 58.8 Å². The number of allylic oxidation sites excluding steroid dienone is 1. The van der Waals surface area contributed by atoms with E-state index in [1.165, 1.54) is 40.6 Å². The fourth-order valence-corrected chi connectivity index (χ4v) is 7.66. The van der Waals surface area contributed by atoms with Crippen LogP contribution in [0.4, 0.5) is 5.69 Å². The molecule has 3 aliphatic rings. The fourth-order valence-electron chi connectivity index (χ4n) is 5.63. The Bertz CT molecular complexity index is 1810. The third kappa shape index (κ3) is 7.39. The Labute approximate surface area is 284 Å². The summed E-state index contributed by atoms with van der Waals surface area (Å²) in [6.07, 6.45) is 5.53. The second-order valence-electron chi connectivity index (χ2n) is 11.4. The Morgan fingerprint density at radius 3 is 2.44 bits per heavy atom. The smallest absolute Gasteiger partial charge is 0.352 e. The summed E-state index contributed by atoms with van der Waals surface area (Å²) in [5.74, 6) is -1.98. The molecule has 12 nitrogen and oxygen atoms in total. The van der Waals surface area contributed by atoms with Crippen molar-refractivity contribution in [1.82, 2.24) is 15.1 Å². The number of β-lactam (4-membered cyclic amide) rings is 1. The number of hydrogen-bond donors (Lipinski definition) is 4. The average Bonchev–Trinajstić information content (AvgIpc) is 3.42. The van der Waals surface area contributed by atoms with Crippen molar-refractivity contribution in [3.63, 3.8) is 0 Å². The van der Waals surface area contributed by atoms with E-state index in [9.17, 15) is 34.2 Å². The molecule has 3 aliphatic heterocycles. The van der Waals surface area contributed by atoms with Crippen LogP contribution in [-0.4, -0.2) is 79.1 Å². The number of carbonyl (C=O) groups excluding carboxylic acids is 4. The predicted molar refractivity (Wildman–Crippen MR) is 178 cm³/mol. The molecule has 0 aliphatic carbocycles. The highest BCUT2D eigenvalue weighted by Crippen LogP contribution is 2.41. The number of benzene rings is 2. The van der Waals surface area contributed by atoms with Crippen LogP contribution in [0.15, 0.2) is 107 Å². The Morgan fingerprint density at radius 1 is 1.00 bits per heavy atom. The summed E-state index contributed by atoms with van der Waals surface area (Å²) in [4.78, 5) is 67.5. The number of rotatable bonds is 11. The first-order valence-corrected chi connectivity index (χ1v) is 17.1. The summed E-state index contributed by atoms with van der Waals surface area (Å²) in [6, 6.07) is 18.5. The quantitative estimate of drug-likeness (QED) is 0.0782. The van der Waals surface area contributed by atoms with Crippen molar-refractivity contribution in [2.24, 2.45) is 0 Å². The number of amides is 4. The highest BCUT2D eigenvalue weighted by Gasteiger charge is 2.54. The van der Waals surface area contributed by atoms with Gasteiger partial charge in [-0.25, -0.2) is 4.79 Å². The summed E-state index contributed by atoms with van der Waals surface area (Å²) in [5.41, 5.74) is 2.13. The van der Waals surface area contributed by atoms with E-state index < -0.39 is 23.3 Å². The van der Waals surface area contributed by atoms with E-state index in [1.807, 2.05) is 42.5 Å². The molecule has 2 aromatic carbocycles. The highest BCUT2D eigenvalue weighted by molar-refractivity contribution is 8.00. The third-order valence-corrected chi connectivity index (χ3v) is 10.3. The Morgan fingerprint density at radius 2 is 1.73 bits per heavy atom. The van der Waals surface area contributed by atoms with Gasteiger partial charge in [0.05, 0.1) is 5.75 Å². The number of phenolic OH excluding ortho intramolecular Hbond substituents is 1. The first-order chi connectivity index (χ1) is 23.2. The number of likely N-dealkylation sites (tertiary alicyclic amines) is 1. The van der Waals surface area contributed by atoms with Crippen LogP contribution in [0.25, 0.3) is 0 Å². The molecular formula is C34H32N5O7S2+. The first kappa shape index (κ1) is 32.8. The molecule has 0 radical (unpaired) electrons. The minimum Gasteiger partial charge on any atom is -0.508 e. The van der Waals surface area contributed by atoms with Gasteiger partial charge in [0.2, 0.25) is 18.4 Å². The molecule has 4 N–H and O–H groups in total. The number of aliphatic carboxylic acids is 1. The third-order valence-electron chi connectivity index (χ3n) is 8.00. The number of phenols is 1. The Hall–Kier alpha value is -5.08. The van der Waals surface area contributed by atoms with Gasteiger partial charge < -0.3 is 25.7 Å². The Kier molecular flexibility index (Phi) is 9.82. The number of carbonyl (C=O) groups is 5. The fraction of sp³-hybridized carbons (Fsp3) is 0.235. The van der Waals surface area contributed by atoms with Crippen LogP contribution >= 0.6 is 23.5 Å². The molecule has 2 fully saturated rings.